The first-order chi connectivity index (χ1) is 9.72. The van der Waals surface area contributed by atoms with Gasteiger partial charge in [-0.2, -0.15) is 5.10 Å². The zero-order chi connectivity index (χ0) is 13.9. The Labute approximate surface area is 121 Å². The fourth-order valence-electron chi connectivity index (χ4n) is 2.04. The lowest BCUT2D eigenvalue weighted by atomic mass is 10.0. The maximum absolute atomic E-state index is 11.8. The van der Waals surface area contributed by atoms with Gasteiger partial charge in [0.25, 0.3) is 5.91 Å². The summed E-state index contributed by atoms with van der Waals surface area (Å²) >= 11 is 5.86. The molecule has 0 bridgehead atoms. The Balaban J connectivity index is 1.85. The Morgan fingerprint density at radius 1 is 1.20 bits per heavy atom. The van der Waals surface area contributed by atoms with Crippen LogP contribution in [0.4, 0.5) is 0 Å². The van der Waals surface area contributed by atoms with E-state index in [0.29, 0.717) is 17.0 Å². The number of halogens is 1. The molecular formula is C15H12ClN3O. The zero-order valence-electron chi connectivity index (χ0n) is 10.6. The molecule has 5 heteroatoms. The Bertz CT molecular complexity index is 684. The molecule has 3 rings (SSSR count). The summed E-state index contributed by atoms with van der Waals surface area (Å²) in [6.07, 6.45) is 4.20. The van der Waals surface area contributed by atoms with Crippen LogP contribution in [-0.2, 0) is 11.2 Å². The van der Waals surface area contributed by atoms with Crippen molar-refractivity contribution in [2.24, 2.45) is 5.10 Å². The maximum Gasteiger partial charge on any atom is 0.273 e. The highest BCUT2D eigenvalue weighted by atomic mass is 35.5. The first-order valence-electron chi connectivity index (χ1n) is 6.19. The monoisotopic (exact) mass is 285 g/mol. The molecular weight excluding hydrogens is 274 g/mol. The van der Waals surface area contributed by atoms with E-state index in [1.807, 2.05) is 42.6 Å². The molecule has 0 atom stereocenters. The van der Waals surface area contributed by atoms with E-state index in [-0.39, 0.29) is 5.91 Å². The average molecular weight is 286 g/mol. The lowest BCUT2D eigenvalue weighted by Gasteiger charge is -2.02. The second-order valence-electron chi connectivity index (χ2n) is 4.49. The molecule has 20 heavy (non-hydrogen) atoms. The summed E-state index contributed by atoms with van der Waals surface area (Å²) in [5, 5.41) is 4.79. The minimum absolute atomic E-state index is 0.177. The highest BCUT2D eigenvalue weighted by molar-refractivity contribution is 6.30. The van der Waals surface area contributed by atoms with Crippen molar-refractivity contribution in [3.63, 3.8) is 0 Å². The van der Waals surface area contributed by atoms with Crippen molar-refractivity contribution < 1.29 is 4.79 Å². The van der Waals surface area contributed by atoms with E-state index in [1.54, 1.807) is 6.08 Å². The minimum atomic E-state index is -0.177. The maximum atomic E-state index is 11.8. The van der Waals surface area contributed by atoms with Crippen molar-refractivity contribution in [1.29, 1.82) is 0 Å². The van der Waals surface area contributed by atoms with Gasteiger partial charge in [-0.1, -0.05) is 23.7 Å². The van der Waals surface area contributed by atoms with Gasteiger partial charge in [-0.25, -0.2) is 5.43 Å². The third kappa shape index (κ3) is 2.65. The van der Waals surface area contributed by atoms with Crippen LogP contribution in [0.1, 0.15) is 11.3 Å². The number of carbonyl (C=O) groups is 1. The van der Waals surface area contributed by atoms with E-state index in [1.165, 1.54) is 0 Å². The molecule has 0 saturated heterocycles. The predicted molar refractivity (Wildman–Crippen MR) is 79.5 cm³/mol. The van der Waals surface area contributed by atoms with Crippen molar-refractivity contribution in [2.45, 2.75) is 6.42 Å². The Hall–Kier alpha value is -2.33. The van der Waals surface area contributed by atoms with Gasteiger partial charge in [0, 0.05) is 23.3 Å². The number of amides is 1. The van der Waals surface area contributed by atoms with Crippen molar-refractivity contribution in [2.75, 3.05) is 0 Å². The van der Waals surface area contributed by atoms with Crippen LogP contribution in [0.5, 0.6) is 0 Å². The van der Waals surface area contributed by atoms with Crippen molar-refractivity contribution >= 4 is 29.3 Å². The number of hydrogen-bond acceptors (Lipinski definition) is 2. The first kappa shape index (κ1) is 12.7. The third-order valence-corrected chi connectivity index (χ3v) is 3.31. The van der Waals surface area contributed by atoms with E-state index >= 15 is 0 Å². The van der Waals surface area contributed by atoms with Gasteiger partial charge in [0.2, 0.25) is 0 Å². The normalized spacial score (nSPS) is 16.4. The molecule has 0 radical (unpaired) electrons. The molecule has 0 fully saturated rings. The summed E-state index contributed by atoms with van der Waals surface area (Å²) in [6.45, 7) is 0. The third-order valence-electron chi connectivity index (χ3n) is 3.05. The van der Waals surface area contributed by atoms with Gasteiger partial charge >= 0.3 is 0 Å². The number of nitrogens with one attached hydrogen (secondary N) is 2. The van der Waals surface area contributed by atoms with E-state index in [9.17, 15) is 4.79 Å². The summed E-state index contributed by atoms with van der Waals surface area (Å²) in [5.41, 5.74) is 5.75. The smallest absolute Gasteiger partial charge is 0.273 e. The summed E-state index contributed by atoms with van der Waals surface area (Å²) in [5.74, 6) is -0.177. The number of rotatable bonds is 3. The fourth-order valence-corrected chi connectivity index (χ4v) is 2.16. The molecule has 1 aliphatic rings. The molecule has 2 N–H and O–H groups in total. The van der Waals surface area contributed by atoms with Crippen molar-refractivity contribution in [3.05, 3.63) is 64.4 Å². The number of aromatic nitrogens is 1. The highest BCUT2D eigenvalue weighted by Crippen LogP contribution is 2.16. The van der Waals surface area contributed by atoms with Gasteiger partial charge in [0.15, 0.2) is 0 Å². The standard InChI is InChI=1S/C15H12ClN3O/c16-11-5-3-10(4-6-11)8-14-13(15(20)19-18-14)9-12-2-1-7-17-12/h1-7,9,17H,8H2,(H,19,20)/b13-9+. The largest absolute Gasteiger partial charge is 0.362 e. The van der Waals surface area contributed by atoms with Gasteiger partial charge in [0.05, 0.1) is 11.3 Å². The summed E-state index contributed by atoms with van der Waals surface area (Å²) in [4.78, 5) is 14.9. The number of aromatic amines is 1. The Morgan fingerprint density at radius 2 is 2.00 bits per heavy atom. The molecule has 0 saturated carbocycles. The SMILES string of the molecule is O=C1NN=C(Cc2ccc(Cl)cc2)/C1=C\c1ccc[nH]1. The Kier molecular flexibility index (Phi) is 3.39. The van der Waals surface area contributed by atoms with Gasteiger partial charge in [-0.05, 0) is 35.9 Å². The number of nitrogens with zero attached hydrogens (tertiary/aromatic N) is 1. The predicted octanol–water partition coefficient (Wildman–Crippen LogP) is 2.78. The first-order valence-corrected chi connectivity index (χ1v) is 6.57. The zero-order valence-corrected chi connectivity index (χ0v) is 11.3. The van der Waals surface area contributed by atoms with Crippen LogP contribution in [0, 0.1) is 0 Å². The number of benzene rings is 1. The molecule has 0 unspecified atom stereocenters. The molecule has 1 amide bonds. The molecule has 2 heterocycles. The number of hydrazone groups is 1. The number of hydrogen-bond donors (Lipinski definition) is 2. The van der Waals surface area contributed by atoms with Crippen molar-refractivity contribution in [1.82, 2.24) is 10.4 Å². The highest BCUT2D eigenvalue weighted by Gasteiger charge is 2.22. The number of H-pyrrole nitrogens is 1. The molecule has 1 aliphatic heterocycles. The quantitative estimate of drug-likeness (QED) is 0.837. The fraction of sp³-hybridized carbons (Fsp3) is 0.0667. The summed E-state index contributed by atoms with van der Waals surface area (Å²) in [7, 11) is 0. The van der Waals surface area contributed by atoms with Crippen molar-refractivity contribution in [3.8, 4) is 0 Å². The lowest BCUT2D eigenvalue weighted by Crippen LogP contribution is -2.14. The van der Waals surface area contributed by atoms with Gasteiger partial charge < -0.3 is 4.98 Å². The van der Waals surface area contributed by atoms with E-state index in [2.05, 4.69) is 15.5 Å². The molecule has 100 valence electrons. The van der Waals surface area contributed by atoms with Gasteiger partial charge in [-0.3, -0.25) is 4.79 Å². The van der Waals surface area contributed by atoms with Crippen LogP contribution in [-0.4, -0.2) is 16.6 Å². The molecule has 4 nitrogen and oxygen atoms in total. The van der Waals surface area contributed by atoms with Crippen LogP contribution >= 0.6 is 11.6 Å². The molecule has 0 spiro atoms. The van der Waals surface area contributed by atoms with Crippen LogP contribution < -0.4 is 5.43 Å². The second kappa shape index (κ2) is 5.35. The van der Waals surface area contributed by atoms with E-state index in [4.69, 9.17) is 11.6 Å². The second-order valence-corrected chi connectivity index (χ2v) is 4.92. The van der Waals surface area contributed by atoms with Crippen LogP contribution in [0.25, 0.3) is 6.08 Å². The molecule has 2 aromatic rings. The molecule has 0 aliphatic carbocycles. The topological polar surface area (TPSA) is 57.2 Å². The minimum Gasteiger partial charge on any atom is -0.362 e. The van der Waals surface area contributed by atoms with E-state index < -0.39 is 0 Å². The average Bonchev–Trinajstić information content (AvgIpc) is 3.06. The lowest BCUT2D eigenvalue weighted by molar-refractivity contribution is -0.116. The molecule has 1 aromatic heterocycles. The van der Waals surface area contributed by atoms with E-state index in [0.717, 1.165) is 17.0 Å². The van der Waals surface area contributed by atoms with Crippen LogP contribution in [0.2, 0.25) is 5.02 Å². The Morgan fingerprint density at radius 3 is 2.70 bits per heavy atom. The summed E-state index contributed by atoms with van der Waals surface area (Å²) in [6, 6.07) is 11.3. The number of carbonyl (C=O) groups excluding carboxylic acids is 1. The summed E-state index contributed by atoms with van der Waals surface area (Å²) < 4.78 is 0. The van der Waals surface area contributed by atoms with Crippen LogP contribution in [0.15, 0.2) is 53.3 Å². The van der Waals surface area contributed by atoms with Crippen LogP contribution in [0.3, 0.4) is 0 Å². The van der Waals surface area contributed by atoms with Gasteiger partial charge in [-0.15, -0.1) is 0 Å². The molecule has 1 aromatic carbocycles. The van der Waals surface area contributed by atoms with Gasteiger partial charge in [0.1, 0.15) is 0 Å².